The molecule has 2 aromatic carbocycles. The Labute approximate surface area is 168 Å². The van der Waals surface area contributed by atoms with Crippen molar-refractivity contribution in [2.75, 3.05) is 6.79 Å². The Balaban J connectivity index is 1.60. The highest BCUT2D eigenvalue weighted by Crippen LogP contribution is 2.32. The van der Waals surface area contributed by atoms with Crippen LogP contribution in [0.5, 0.6) is 11.5 Å². The highest BCUT2D eigenvalue weighted by molar-refractivity contribution is 7.07. The monoisotopic (exact) mass is 407 g/mol. The van der Waals surface area contributed by atoms with Gasteiger partial charge in [0.05, 0.1) is 12.5 Å². The number of hydrogen-bond acceptors (Lipinski definition) is 6. The summed E-state index contributed by atoms with van der Waals surface area (Å²) in [5.41, 5.74) is 1.79. The zero-order valence-electron chi connectivity index (χ0n) is 15.0. The van der Waals surface area contributed by atoms with E-state index in [1.54, 1.807) is 41.4 Å². The van der Waals surface area contributed by atoms with Gasteiger partial charge in [-0.2, -0.15) is 5.10 Å². The average Bonchev–Trinajstić information content (AvgIpc) is 3.48. The number of thiazole rings is 1. The molecule has 1 aliphatic heterocycles. The van der Waals surface area contributed by atoms with E-state index in [1.807, 2.05) is 29.6 Å². The molecule has 4 aromatic rings. The summed E-state index contributed by atoms with van der Waals surface area (Å²) in [7, 11) is 0. The zero-order chi connectivity index (χ0) is 19.6. The van der Waals surface area contributed by atoms with E-state index in [9.17, 15) is 4.39 Å². The van der Waals surface area contributed by atoms with E-state index >= 15 is 0 Å². The summed E-state index contributed by atoms with van der Waals surface area (Å²) in [4.78, 5) is 4.96. The molecule has 0 unspecified atom stereocenters. The van der Waals surface area contributed by atoms with E-state index in [2.05, 4.69) is 10.1 Å². The number of halogens is 1. The molecular formula is C21H14FN3O3S. The van der Waals surface area contributed by atoms with Crippen LogP contribution in [-0.4, -0.2) is 17.7 Å². The first-order valence-electron chi connectivity index (χ1n) is 8.75. The zero-order valence-corrected chi connectivity index (χ0v) is 15.8. The fraction of sp³-hybridized carbons (Fsp3) is 0.0476. The molecule has 3 heterocycles. The molecule has 5 rings (SSSR count). The maximum Gasteiger partial charge on any atom is 0.231 e. The molecule has 8 heteroatoms. The largest absolute Gasteiger partial charge is 0.463 e. The predicted molar refractivity (Wildman–Crippen MR) is 107 cm³/mol. The van der Waals surface area contributed by atoms with E-state index in [1.165, 1.54) is 17.4 Å². The highest BCUT2D eigenvalue weighted by atomic mass is 32.1. The van der Waals surface area contributed by atoms with Crippen LogP contribution in [0.25, 0.3) is 11.5 Å². The quantitative estimate of drug-likeness (QED) is 0.457. The number of fused-ring (bicyclic) bond motifs is 1. The topological polar surface area (TPSA) is 61.2 Å². The van der Waals surface area contributed by atoms with Gasteiger partial charge in [0, 0.05) is 5.38 Å². The Hall–Kier alpha value is -3.65. The van der Waals surface area contributed by atoms with E-state index < -0.39 is 5.82 Å². The van der Waals surface area contributed by atoms with Crippen LogP contribution in [0.1, 0.15) is 5.56 Å². The molecule has 0 N–H and O–H groups in total. The van der Waals surface area contributed by atoms with Gasteiger partial charge in [-0.3, -0.25) is 0 Å². The first-order chi connectivity index (χ1) is 14.3. The molecular weight excluding hydrogens is 393 g/mol. The van der Waals surface area contributed by atoms with Crippen LogP contribution in [0.4, 0.5) is 10.1 Å². The lowest BCUT2D eigenvalue weighted by Crippen LogP contribution is -2.11. The molecule has 0 amide bonds. The maximum atomic E-state index is 14.1. The normalized spacial score (nSPS) is 13.5. The SMILES string of the molecule is Fc1ccccc1N=c1scc(-c2ccco2)n1N=Cc1ccc2c(c1)OCO2. The number of ether oxygens (including phenoxy) is 2. The van der Waals surface area contributed by atoms with Crippen LogP contribution < -0.4 is 14.3 Å². The van der Waals surface area contributed by atoms with Gasteiger partial charge in [0.15, 0.2) is 17.3 Å². The minimum absolute atomic E-state index is 0.212. The molecule has 144 valence electrons. The molecule has 29 heavy (non-hydrogen) atoms. The molecule has 2 aromatic heterocycles. The van der Waals surface area contributed by atoms with Crippen LogP contribution in [-0.2, 0) is 0 Å². The smallest absolute Gasteiger partial charge is 0.231 e. The fourth-order valence-corrected chi connectivity index (χ4v) is 3.68. The summed E-state index contributed by atoms with van der Waals surface area (Å²) in [5, 5.41) is 6.44. The molecule has 0 saturated carbocycles. The van der Waals surface area contributed by atoms with Crippen molar-refractivity contribution in [2.24, 2.45) is 10.1 Å². The van der Waals surface area contributed by atoms with Gasteiger partial charge in [-0.05, 0) is 48.0 Å². The second-order valence-electron chi connectivity index (χ2n) is 6.11. The van der Waals surface area contributed by atoms with Crippen molar-refractivity contribution in [3.63, 3.8) is 0 Å². The average molecular weight is 407 g/mol. The van der Waals surface area contributed by atoms with Crippen LogP contribution in [0, 0.1) is 5.82 Å². The van der Waals surface area contributed by atoms with E-state index in [4.69, 9.17) is 13.9 Å². The minimum Gasteiger partial charge on any atom is -0.463 e. The van der Waals surface area contributed by atoms with Gasteiger partial charge < -0.3 is 13.9 Å². The molecule has 0 radical (unpaired) electrons. The van der Waals surface area contributed by atoms with Crippen LogP contribution in [0.2, 0.25) is 0 Å². The Bertz CT molecular complexity index is 1260. The van der Waals surface area contributed by atoms with Crippen molar-refractivity contribution in [3.05, 3.63) is 82.4 Å². The fourth-order valence-electron chi connectivity index (χ4n) is 2.85. The lowest BCUT2D eigenvalue weighted by atomic mass is 10.2. The molecule has 0 saturated heterocycles. The molecule has 0 aliphatic carbocycles. The molecule has 6 nitrogen and oxygen atoms in total. The van der Waals surface area contributed by atoms with E-state index in [0.717, 1.165) is 5.56 Å². The number of rotatable bonds is 4. The van der Waals surface area contributed by atoms with Gasteiger partial charge in [0.1, 0.15) is 17.2 Å². The van der Waals surface area contributed by atoms with Crippen molar-refractivity contribution in [1.82, 2.24) is 4.68 Å². The van der Waals surface area contributed by atoms with Crippen molar-refractivity contribution in [1.29, 1.82) is 0 Å². The third kappa shape index (κ3) is 3.45. The third-order valence-corrected chi connectivity index (χ3v) is 5.06. The van der Waals surface area contributed by atoms with Crippen molar-refractivity contribution in [2.45, 2.75) is 0 Å². The first-order valence-corrected chi connectivity index (χ1v) is 9.63. The van der Waals surface area contributed by atoms with Gasteiger partial charge in [-0.1, -0.05) is 12.1 Å². The number of para-hydroxylation sites is 1. The number of nitrogens with zero attached hydrogens (tertiary/aromatic N) is 3. The van der Waals surface area contributed by atoms with Crippen molar-refractivity contribution >= 4 is 23.2 Å². The molecule has 0 atom stereocenters. The Morgan fingerprint density at radius 3 is 2.79 bits per heavy atom. The predicted octanol–water partition coefficient (Wildman–Crippen LogP) is 4.79. The highest BCUT2D eigenvalue weighted by Gasteiger charge is 2.13. The number of aromatic nitrogens is 1. The van der Waals surface area contributed by atoms with Crippen LogP contribution >= 0.6 is 11.3 Å². The second-order valence-corrected chi connectivity index (χ2v) is 6.95. The molecule has 0 fully saturated rings. The van der Waals surface area contributed by atoms with Crippen LogP contribution in [0.3, 0.4) is 0 Å². The number of furan rings is 1. The lowest BCUT2D eigenvalue weighted by Gasteiger charge is -2.02. The van der Waals surface area contributed by atoms with E-state index in [0.29, 0.717) is 27.8 Å². The standard InChI is InChI=1S/C21H14FN3O3S/c22-15-4-1-2-5-16(15)24-21-25(17(12-29-21)18-6-3-9-26-18)23-11-14-7-8-19-20(10-14)28-13-27-19/h1-12H,13H2. The lowest BCUT2D eigenvalue weighted by molar-refractivity contribution is 0.174. The Morgan fingerprint density at radius 1 is 1.03 bits per heavy atom. The van der Waals surface area contributed by atoms with Gasteiger partial charge in [0.2, 0.25) is 11.6 Å². The molecule has 1 aliphatic rings. The summed E-state index contributed by atoms with van der Waals surface area (Å²) in [6.07, 6.45) is 3.27. The summed E-state index contributed by atoms with van der Waals surface area (Å²) in [5.74, 6) is 1.62. The van der Waals surface area contributed by atoms with Crippen molar-refractivity contribution < 1.29 is 18.3 Å². The summed E-state index contributed by atoms with van der Waals surface area (Å²) in [6, 6.07) is 15.6. The minimum atomic E-state index is -0.397. The van der Waals surface area contributed by atoms with E-state index in [-0.39, 0.29) is 12.5 Å². The van der Waals surface area contributed by atoms with Gasteiger partial charge >= 0.3 is 0 Å². The summed E-state index contributed by atoms with van der Waals surface area (Å²) >= 11 is 1.34. The van der Waals surface area contributed by atoms with Gasteiger partial charge in [-0.15, -0.1) is 11.3 Å². The molecule has 0 spiro atoms. The van der Waals surface area contributed by atoms with Crippen LogP contribution in [0.15, 0.2) is 80.8 Å². The summed E-state index contributed by atoms with van der Waals surface area (Å²) < 4.78 is 32.0. The Morgan fingerprint density at radius 2 is 1.93 bits per heavy atom. The number of benzene rings is 2. The number of hydrogen-bond donors (Lipinski definition) is 0. The summed E-state index contributed by atoms with van der Waals surface area (Å²) in [6.45, 7) is 0.212. The second kappa shape index (κ2) is 7.40. The van der Waals surface area contributed by atoms with Crippen molar-refractivity contribution in [3.8, 4) is 23.0 Å². The van der Waals surface area contributed by atoms with Gasteiger partial charge in [-0.25, -0.2) is 14.1 Å². The third-order valence-electron chi connectivity index (χ3n) is 4.25. The van der Waals surface area contributed by atoms with Gasteiger partial charge in [0.25, 0.3) is 0 Å². The maximum absolute atomic E-state index is 14.1. The first kappa shape index (κ1) is 17.4. The molecule has 0 bridgehead atoms. The Kier molecular flexibility index (Phi) is 4.45.